The lowest BCUT2D eigenvalue weighted by Crippen LogP contribution is -3.11. The van der Waals surface area contributed by atoms with Crippen LogP contribution in [0.15, 0.2) is 59.7 Å². The van der Waals surface area contributed by atoms with Gasteiger partial charge in [-0.05, 0) is 12.1 Å². The topological polar surface area (TPSA) is 73.8 Å². The van der Waals surface area contributed by atoms with Crippen molar-refractivity contribution in [2.75, 3.05) is 33.2 Å². The standard InChI is InChI=1S/C22H22N6OS/c1-26-11-13-27(14-12-26)23-15-17-20(16-7-3-2-4-8-16)25-28(21(17)29)22-24-18-9-5-6-10-19(18)30-22/h2-10,15,29H,11-14H2,1H3. The molecule has 30 heavy (non-hydrogen) atoms. The number of likely N-dealkylation sites (N-methyl/N-ethyl adjacent to an activating group) is 1. The van der Waals surface area contributed by atoms with E-state index < -0.39 is 0 Å². The third kappa shape index (κ3) is 3.55. The van der Waals surface area contributed by atoms with Crippen LogP contribution in [0.1, 0.15) is 5.56 Å². The number of hydrogen-bond donors (Lipinski definition) is 1. The molecule has 0 saturated carbocycles. The minimum atomic E-state index is -0.198. The quantitative estimate of drug-likeness (QED) is 0.509. The molecule has 0 bridgehead atoms. The Balaban J connectivity index is 1.57. The fourth-order valence-electron chi connectivity index (χ4n) is 3.55. The SMILES string of the molecule is C[NH+]1CCN(N=Cc2c(-c3ccccc3)nn(-c3nc4ccccc4s3)c2[O-])CC1. The van der Waals surface area contributed by atoms with Crippen molar-refractivity contribution >= 4 is 27.8 Å². The summed E-state index contributed by atoms with van der Waals surface area (Å²) in [6.07, 6.45) is 1.67. The van der Waals surface area contributed by atoms with Gasteiger partial charge >= 0.3 is 0 Å². The Morgan fingerprint density at radius 1 is 1.07 bits per heavy atom. The van der Waals surface area contributed by atoms with E-state index in [1.165, 1.54) is 20.9 Å². The minimum Gasteiger partial charge on any atom is -0.858 e. The fraction of sp³-hybridized carbons (Fsp3) is 0.227. The van der Waals surface area contributed by atoms with E-state index >= 15 is 0 Å². The molecule has 3 heterocycles. The molecule has 1 N–H and O–H groups in total. The summed E-state index contributed by atoms with van der Waals surface area (Å²) in [7, 11) is 2.19. The predicted molar refractivity (Wildman–Crippen MR) is 117 cm³/mol. The average Bonchev–Trinajstić information content (AvgIpc) is 3.35. The molecular formula is C22H22N6OS. The first-order valence-corrected chi connectivity index (χ1v) is 10.8. The fourth-order valence-corrected chi connectivity index (χ4v) is 4.47. The van der Waals surface area contributed by atoms with Crippen LogP contribution >= 0.6 is 11.3 Å². The van der Waals surface area contributed by atoms with Crippen LogP contribution in [0.5, 0.6) is 5.88 Å². The number of nitrogens with one attached hydrogen (secondary N) is 1. The maximum Gasteiger partial charge on any atom is 0.210 e. The maximum atomic E-state index is 13.3. The highest BCUT2D eigenvalue weighted by Gasteiger charge is 2.18. The zero-order valence-electron chi connectivity index (χ0n) is 16.7. The van der Waals surface area contributed by atoms with Gasteiger partial charge in [-0.25, -0.2) is 9.67 Å². The largest absolute Gasteiger partial charge is 0.858 e. The van der Waals surface area contributed by atoms with E-state index in [9.17, 15) is 5.11 Å². The molecule has 2 aromatic heterocycles. The van der Waals surface area contributed by atoms with E-state index in [0.29, 0.717) is 16.4 Å². The van der Waals surface area contributed by atoms with Crippen molar-refractivity contribution in [1.29, 1.82) is 0 Å². The van der Waals surface area contributed by atoms with Gasteiger partial charge in [0, 0.05) is 17.0 Å². The van der Waals surface area contributed by atoms with Gasteiger partial charge in [-0.3, -0.25) is 5.01 Å². The molecule has 2 aromatic carbocycles. The van der Waals surface area contributed by atoms with E-state index in [2.05, 4.69) is 22.2 Å². The molecule has 1 fully saturated rings. The number of thiazole rings is 1. The first-order chi connectivity index (χ1) is 14.7. The Hall–Kier alpha value is -3.23. The third-order valence-corrected chi connectivity index (χ3v) is 6.34. The van der Waals surface area contributed by atoms with Crippen LogP contribution in [0, 0.1) is 0 Å². The number of rotatable bonds is 4. The first-order valence-electron chi connectivity index (χ1n) is 10.0. The van der Waals surface area contributed by atoms with Gasteiger partial charge in [0.05, 0.1) is 49.7 Å². The van der Waals surface area contributed by atoms with Crippen LogP contribution in [0.4, 0.5) is 0 Å². The van der Waals surface area contributed by atoms with Gasteiger partial charge < -0.3 is 10.0 Å². The predicted octanol–water partition coefficient (Wildman–Crippen LogP) is 1.39. The smallest absolute Gasteiger partial charge is 0.210 e. The number of benzene rings is 2. The van der Waals surface area contributed by atoms with Crippen molar-refractivity contribution < 1.29 is 10.0 Å². The summed E-state index contributed by atoms with van der Waals surface area (Å²) in [5.41, 5.74) is 2.87. The van der Waals surface area contributed by atoms with Gasteiger partial charge in [0.1, 0.15) is 5.69 Å². The zero-order chi connectivity index (χ0) is 20.5. The molecule has 0 amide bonds. The van der Waals surface area contributed by atoms with Crippen molar-refractivity contribution in [3.05, 3.63) is 60.2 Å². The van der Waals surface area contributed by atoms with Crippen molar-refractivity contribution in [2.45, 2.75) is 0 Å². The molecular weight excluding hydrogens is 396 g/mol. The Kier molecular flexibility index (Phi) is 4.94. The second-order valence-electron chi connectivity index (χ2n) is 7.46. The lowest BCUT2D eigenvalue weighted by Gasteiger charge is -2.27. The van der Waals surface area contributed by atoms with Crippen molar-refractivity contribution in [2.24, 2.45) is 5.10 Å². The highest BCUT2D eigenvalue weighted by molar-refractivity contribution is 7.20. The molecule has 1 aliphatic rings. The van der Waals surface area contributed by atoms with Crippen molar-refractivity contribution in [1.82, 2.24) is 19.8 Å². The normalized spacial score (nSPS) is 15.4. The van der Waals surface area contributed by atoms with Crippen molar-refractivity contribution in [3.8, 4) is 22.3 Å². The number of hydrazone groups is 1. The third-order valence-electron chi connectivity index (χ3n) is 5.33. The molecule has 8 heteroatoms. The van der Waals surface area contributed by atoms with Crippen LogP contribution in [0.25, 0.3) is 26.6 Å². The molecule has 0 radical (unpaired) electrons. The van der Waals surface area contributed by atoms with Gasteiger partial charge in [0.25, 0.3) is 0 Å². The average molecular weight is 419 g/mol. The van der Waals surface area contributed by atoms with Gasteiger partial charge in [-0.2, -0.15) is 10.2 Å². The number of nitrogens with zero attached hydrogens (tertiary/aromatic N) is 5. The van der Waals surface area contributed by atoms with Crippen LogP contribution in [-0.2, 0) is 0 Å². The molecule has 152 valence electrons. The summed E-state index contributed by atoms with van der Waals surface area (Å²) in [4.78, 5) is 6.11. The molecule has 1 aliphatic heterocycles. The van der Waals surface area contributed by atoms with Crippen LogP contribution < -0.4 is 10.0 Å². The molecule has 0 atom stereocenters. The monoisotopic (exact) mass is 418 g/mol. The Morgan fingerprint density at radius 2 is 1.80 bits per heavy atom. The molecule has 0 unspecified atom stereocenters. The lowest BCUT2D eigenvalue weighted by atomic mass is 10.1. The zero-order valence-corrected chi connectivity index (χ0v) is 17.5. The molecule has 5 rings (SSSR count). The van der Waals surface area contributed by atoms with Crippen molar-refractivity contribution in [3.63, 3.8) is 0 Å². The van der Waals surface area contributed by atoms with Gasteiger partial charge in [-0.15, -0.1) is 0 Å². The summed E-state index contributed by atoms with van der Waals surface area (Å²) in [5.74, 6) is -0.198. The van der Waals surface area contributed by atoms with E-state index in [-0.39, 0.29) is 5.88 Å². The highest BCUT2D eigenvalue weighted by Crippen LogP contribution is 2.32. The summed E-state index contributed by atoms with van der Waals surface area (Å²) in [6, 6.07) is 17.6. The number of fused-ring (bicyclic) bond motifs is 1. The first kappa shape index (κ1) is 18.8. The number of piperazine rings is 1. The number of aromatic nitrogens is 3. The van der Waals surface area contributed by atoms with Crippen LogP contribution in [0.3, 0.4) is 0 Å². The maximum absolute atomic E-state index is 13.3. The Bertz CT molecular complexity index is 1160. The van der Waals surface area contributed by atoms with E-state index in [4.69, 9.17) is 0 Å². The summed E-state index contributed by atoms with van der Waals surface area (Å²) < 4.78 is 2.43. The summed E-state index contributed by atoms with van der Waals surface area (Å²) in [5, 5.41) is 25.2. The second-order valence-corrected chi connectivity index (χ2v) is 8.47. The van der Waals surface area contributed by atoms with Crippen LogP contribution in [-0.4, -0.2) is 59.2 Å². The molecule has 1 saturated heterocycles. The van der Waals surface area contributed by atoms with E-state index in [1.54, 1.807) is 6.21 Å². The number of quaternary nitrogens is 1. The number of para-hydroxylation sites is 1. The summed E-state index contributed by atoms with van der Waals surface area (Å²) >= 11 is 1.46. The molecule has 0 aliphatic carbocycles. The molecule has 7 nitrogen and oxygen atoms in total. The number of hydrogen-bond acceptors (Lipinski definition) is 6. The Labute approximate surface area is 178 Å². The van der Waals surface area contributed by atoms with Gasteiger partial charge in [0.15, 0.2) is 0 Å². The minimum absolute atomic E-state index is 0.198. The molecule has 4 aromatic rings. The van der Waals surface area contributed by atoms with E-state index in [0.717, 1.165) is 42.0 Å². The van der Waals surface area contributed by atoms with Gasteiger partial charge in [-0.1, -0.05) is 53.8 Å². The highest BCUT2D eigenvalue weighted by atomic mass is 32.1. The lowest BCUT2D eigenvalue weighted by molar-refractivity contribution is -0.884. The van der Waals surface area contributed by atoms with Gasteiger partial charge in [0.2, 0.25) is 5.13 Å². The Morgan fingerprint density at radius 3 is 2.57 bits per heavy atom. The van der Waals surface area contributed by atoms with E-state index in [1.807, 2.05) is 59.6 Å². The molecule has 0 spiro atoms. The second kappa shape index (κ2) is 7.89. The summed E-state index contributed by atoms with van der Waals surface area (Å²) in [6.45, 7) is 3.84. The van der Waals surface area contributed by atoms with Crippen LogP contribution in [0.2, 0.25) is 0 Å².